The number of rotatable bonds is 2. The zero-order chi connectivity index (χ0) is 14.9. The van der Waals surface area contributed by atoms with E-state index in [0.29, 0.717) is 30.0 Å². The Labute approximate surface area is 127 Å². The van der Waals surface area contributed by atoms with E-state index in [1.807, 2.05) is 0 Å². The molecule has 0 unspecified atom stereocenters. The van der Waals surface area contributed by atoms with E-state index in [9.17, 15) is 14.7 Å². The Morgan fingerprint density at radius 3 is 2.65 bits per heavy atom. The van der Waals surface area contributed by atoms with Crippen LogP contribution >= 0.6 is 23.2 Å². The number of carbonyl (C=O) groups excluding carboxylic acids is 1. The first-order valence-corrected chi connectivity index (χ1v) is 7.16. The van der Waals surface area contributed by atoms with Gasteiger partial charge in [0, 0.05) is 17.6 Å². The summed E-state index contributed by atoms with van der Waals surface area (Å²) in [6.07, 6.45) is 1.27. The zero-order valence-corrected chi connectivity index (χ0v) is 12.5. The van der Waals surface area contributed by atoms with Crippen LogP contribution in [-0.2, 0) is 4.79 Å². The highest BCUT2D eigenvalue weighted by atomic mass is 35.5. The molecule has 1 heterocycles. The molecule has 2 rings (SSSR count). The van der Waals surface area contributed by atoms with Crippen molar-refractivity contribution in [3.8, 4) is 0 Å². The number of hydrogen-bond donors (Lipinski definition) is 1. The maximum atomic E-state index is 12.5. The molecule has 2 atom stereocenters. The van der Waals surface area contributed by atoms with E-state index in [-0.39, 0.29) is 17.0 Å². The van der Waals surface area contributed by atoms with Crippen LogP contribution in [-0.4, -0.2) is 34.5 Å². The molecule has 0 bridgehead atoms. The van der Waals surface area contributed by atoms with Crippen molar-refractivity contribution in [2.24, 2.45) is 5.92 Å². The van der Waals surface area contributed by atoms with E-state index in [1.165, 1.54) is 6.07 Å². The molecule has 1 fully saturated rings. The fourth-order valence-electron chi connectivity index (χ4n) is 2.58. The first kappa shape index (κ1) is 15.1. The van der Waals surface area contributed by atoms with Crippen LogP contribution < -0.4 is 0 Å². The normalized spacial score (nSPS) is 22.6. The van der Waals surface area contributed by atoms with Gasteiger partial charge in [-0.3, -0.25) is 9.59 Å². The molecule has 1 saturated heterocycles. The topological polar surface area (TPSA) is 57.6 Å². The van der Waals surface area contributed by atoms with Crippen molar-refractivity contribution in [3.05, 3.63) is 33.8 Å². The third-order valence-corrected chi connectivity index (χ3v) is 4.28. The largest absolute Gasteiger partial charge is 0.481 e. The lowest BCUT2D eigenvalue weighted by atomic mass is 9.90. The molecular weight excluding hydrogens is 301 g/mol. The number of carbonyl (C=O) groups is 2. The fraction of sp³-hybridized carbons (Fsp3) is 0.429. The van der Waals surface area contributed by atoms with Crippen molar-refractivity contribution in [3.63, 3.8) is 0 Å². The molecule has 20 heavy (non-hydrogen) atoms. The van der Waals surface area contributed by atoms with Crippen LogP contribution in [0.1, 0.15) is 30.1 Å². The molecule has 1 aliphatic rings. The second-order valence-corrected chi connectivity index (χ2v) is 5.79. The number of amides is 1. The van der Waals surface area contributed by atoms with Crippen molar-refractivity contribution < 1.29 is 14.7 Å². The van der Waals surface area contributed by atoms with Crippen LogP contribution in [0, 0.1) is 5.92 Å². The van der Waals surface area contributed by atoms with Gasteiger partial charge >= 0.3 is 5.97 Å². The molecule has 1 N–H and O–H groups in total. The number of benzene rings is 1. The summed E-state index contributed by atoms with van der Waals surface area (Å²) in [6.45, 7) is 2.31. The molecule has 0 spiro atoms. The Bertz CT molecular complexity index is 547. The monoisotopic (exact) mass is 315 g/mol. The van der Waals surface area contributed by atoms with Crippen LogP contribution in [0.15, 0.2) is 18.2 Å². The van der Waals surface area contributed by atoms with Gasteiger partial charge in [-0.25, -0.2) is 0 Å². The SMILES string of the molecule is C[C@@H]1[C@H](C(=O)O)CCCN1C(=O)c1ccc(Cl)cc1Cl. The third-order valence-electron chi connectivity index (χ3n) is 3.73. The van der Waals surface area contributed by atoms with Crippen LogP contribution in [0.4, 0.5) is 0 Å². The van der Waals surface area contributed by atoms with Gasteiger partial charge < -0.3 is 10.0 Å². The van der Waals surface area contributed by atoms with Crippen molar-refractivity contribution in [2.45, 2.75) is 25.8 Å². The van der Waals surface area contributed by atoms with Crippen molar-refractivity contribution in [1.82, 2.24) is 4.90 Å². The summed E-state index contributed by atoms with van der Waals surface area (Å²) in [5.41, 5.74) is 0.356. The quantitative estimate of drug-likeness (QED) is 0.910. The maximum absolute atomic E-state index is 12.5. The van der Waals surface area contributed by atoms with Gasteiger partial charge in [-0.05, 0) is 38.0 Å². The lowest BCUT2D eigenvalue weighted by Crippen LogP contribution is -2.49. The molecule has 4 nitrogen and oxygen atoms in total. The predicted octanol–water partition coefficient (Wildman–Crippen LogP) is 3.32. The molecule has 108 valence electrons. The molecule has 0 radical (unpaired) electrons. The van der Waals surface area contributed by atoms with Gasteiger partial charge in [0.15, 0.2) is 0 Å². The molecule has 1 aromatic rings. The molecule has 6 heteroatoms. The summed E-state index contributed by atoms with van der Waals surface area (Å²) in [5.74, 6) is -1.64. The van der Waals surface area contributed by atoms with E-state index >= 15 is 0 Å². The lowest BCUT2D eigenvalue weighted by molar-refractivity contribution is -0.144. The minimum absolute atomic E-state index is 0.245. The van der Waals surface area contributed by atoms with Gasteiger partial charge in [0.2, 0.25) is 0 Å². The third kappa shape index (κ3) is 2.91. The van der Waals surface area contributed by atoms with E-state index in [0.717, 1.165) is 0 Å². The highest BCUT2D eigenvalue weighted by molar-refractivity contribution is 6.36. The van der Waals surface area contributed by atoms with Gasteiger partial charge in [-0.15, -0.1) is 0 Å². The number of nitrogens with zero attached hydrogens (tertiary/aromatic N) is 1. The number of carboxylic acid groups (broad SMARTS) is 1. The van der Waals surface area contributed by atoms with Crippen molar-refractivity contribution >= 4 is 35.1 Å². The molecule has 1 amide bonds. The number of piperidine rings is 1. The van der Waals surface area contributed by atoms with Gasteiger partial charge in [0.25, 0.3) is 5.91 Å². The minimum Gasteiger partial charge on any atom is -0.481 e. The molecule has 0 aromatic heterocycles. The Morgan fingerprint density at radius 2 is 2.05 bits per heavy atom. The fourth-order valence-corrected chi connectivity index (χ4v) is 3.07. The molecule has 0 saturated carbocycles. The summed E-state index contributed by atoms with van der Waals surface area (Å²) >= 11 is 11.9. The smallest absolute Gasteiger partial charge is 0.308 e. The van der Waals surface area contributed by atoms with E-state index in [2.05, 4.69) is 0 Å². The Kier molecular flexibility index (Phi) is 4.55. The van der Waals surface area contributed by atoms with Crippen LogP contribution in [0.25, 0.3) is 0 Å². The van der Waals surface area contributed by atoms with Crippen LogP contribution in [0.5, 0.6) is 0 Å². The van der Waals surface area contributed by atoms with Crippen molar-refractivity contribution in [1.29, 1.82) is 0 Å². The van der Waals surface area contributed by atoms with E-state index < -0.39 is 11.9 Å². The molecule has 1 aromatic carbocycles. The average molecular weight is 316 g/mol. The average Bonchev–Trinajstić information content (AvgIpc) is 2.38. The number of likely N-dealkylation sites (tertiary alicyclic amines) is 1. The second kappa shape index (κ2) is 6.02. The summed E-state index contributed by atoms with van der Waals surface area (Å²) in [6, 6.07) is 4.34. The van der Waals surface area contributed by atoms with Crippen LogP contribution in [0.2, 0.25) is 10.0 Å². The van der Waals surface area contributed by atoms with Crippen molar-refractivity contribution in [2.75, 3.05) is 6.54 Å². The van der Waals surface area contributed by atoms with E-state index in [1.54, 1.807) is 24.0 Å². The Morgan fingerprint density at radius 1 is 1.35 bits per heavy atom. The molecular formula is C14H15Cl2NO3. The first-order chi connectivity index (χ1) is 9.41. The minimum atomic E-state index is -0.864. The predicted molar refractivity (Wildman–Crippen MR) is 77.3 cm³/mol. The standard InChI is InChI=1S/C14H15Cl2NO3/c1-8-10(14(19)20)3-2-6-17(8)13(18)11-5-4-9(15)7-12(11)16/h4-5,7-8,10H,2-3,6H2,1H3,(H,19,20)/t8-,10-/m1/s1. The Hall–Kier alpha value is -1.26. The highest BCUT2D eigenvalue weighted by Crippen LogP contribution is 2.28. The Balaban J connectivity index is 2.26. The summed E-state index contributed by atoms with van der Waals surface area (Å²) in [4.78, 5) is 25.3. The summed E-state index contributed by atoms with van der Waals surface area (Å²) in [5, 5.41) is 9.93. The van der Waals surface area contributed by atoms with Gasteiger partial charge in [-0.1, -0.05) is 23.2 Å². The van der Waals surface area contributed by atoms with Gasteiger partial charge in [0.1, 0.15) is 0 Å². The van der Waals surface area contributed by atoms with Gasteiger partial charge in [-0.2, -0.15) is 0 Å². The van der Waals surface area contributed by atoms with E-state index in [4.69, 9.17) is 23.2 Å². The zero-order valence-electron chi connectivity index (χ0n) is 11.0. The summed E-state index contributed by atoms with van der Waals surface area (Å²) in [7, 11) is 0. The maximum Gasteiger partial charge on any atom is 0.308 e. The molecule has 1 aliphatic heterocycles. The number of aliphatic carboxylic acids is 1. The van der Waals surface area contributed by atoms with Gasteiger partial charge in [0.05, 0.1) is 16.5 Å². The first-order valence-electron chi connectivity index (χ1n) is 6.40. The number of hydrogen-bond acceptors (Lipinski definition) is 2. The number of halogens is 2. The second-order valence-electron chi connectivity index (χ2n) is 4.95. The summed E-state index contributed by atoms with van der Waals surface area (Å²) < 4.78 is 0. The van der Waals surface area contributed by atoms with Crippen LogP contribution in [0.3, 0.4) is 0 Å². The highest BCUT2D eigenvalue weighted by Gasteiger charge is 2.36. The number of carboxylic acids is 1. The lowest BCUT2D eigenvalue weighted by Gasteiger charge is -2.37. The molecule has 0 aliphatic carbocycles.